The highest BCUT2D eigenvalue weighted by atomic mass is 16.6. The Morgan fingerprint density at radius 1 is 1.13 bits per heavy atom. The number of fused-ring (bicyclic) bond motifs is 1. The van der Waals surface area contributed by atoms with Crippen molar-refractivity contribution in [3.8, 4) is 12.3 Å². The molecule has 2 aromatic rings. The Bertz CT molecular complexity index is 971. The van der Waals surface area contributed by atoms with Gasteiger partial charge in [0.05, 0.1) is 11.0 Å². The lowest BCUT2D eigenvalue weighted by atomic mass is 10.2. The van der Waals surface area contributed by atoms with Crippen LogP contribution in [-0.4, -0.2) is 39.5 Å². The molecule has 7 heteroatoms. The largest absolute Gasteiger partial charge is 0.443 e. The highest BCUT2D eigenvalue weighted by Crippen LogP contribution is 2.28. The lowest BCUT2D eigenvalue weighted by Crippen LogP contribution is -2.40. The highest BCUT2D eigenvalue weighted by Gasteiger charge is 2.31. The zero-order valence-electron chi connectivity index (χ0n) is 18.9. The van der Waals surface area contributed by atoms with Gasteiger partial charge in [0, 0.05) is 13.0 Å². The summed E-state index contributed by atoms with van der Waals surface area (Å²) in [5, 5.41) is 0. The molecule has 0 saturated heterocycles. The zero-order chi connectivity index (χ0) is 22.7. The molecule has 0 atom stereocenters. The summed E-state index contributed by atoms with van der Waals surface area (Å²) in [6, 6.07) is 5.51. The second kappa shape index (κ2) is 8.78. The van der Waals surface area contributed by atoms with Crippen LogP contribution in [0, 0.1) is 19.3 Å². The number of hydrogen-bond donors (Lipinski definition) is 0. The molecule has 0 bridgehead atoms. The third-order valence-electron chi connectivity index (χ3n) is 4.00. The summed E-state index contributed by atoms with van der Waals surface area (Å²) < 4.78 is 12.5. The molecule has 0 saturated carbocycles. The Morgan fingerprint density at radius 3 is 2.33 bits per heavy atom. The van der Waals surface area contributed by atoms with E-state index in [0.29, 0.717) is 23.9 Å². The van der Waals surface area contributed by atoms with Crippen molar-refractivity contribution in [3.63, 3.8) is 0 Å². The molecule has 0 N–H and O–H groups in total. The molecular formula is C23H31N3O4. The molecule has 162 valence electrons. The fourth-order valence-corrected chi connectivity index (χ4v) is 2.82. The van der Waals surface area contributed by atoms with Crippen LogP contribution in [0.15, 0.2) is 18.2 Å². The van der Waals surface area contributed by atoms with E-state index < -0.39 is 23.4 Å². The van der Waals surface area contributed by atoms with E-state index in [-0.39, 0.29) is 12.5 Å². The van der Waals surface area contributed by atoms with Crippen LogP contribution < -0.4 is 4.90 Å². The molecule has 7 nitrogen and oxygen atoms in total. The summed E-state index contributed by atoms with van der Waals surface area (Å²) in [7, 11) is 0. The van der Waals surface area contributed by atoms with Crippen molar-refractivity contribution in [3.05, 3.63) is 23.8 Å². The topological polar surface area (TPSA) is 73.7 Å². The van der Waals surface area contributed by atoms with Gasteiger partial charge in [0.2, 0.25) is 5.95 Å². The third-order valence-corrected chi connectivity index (χ3v) is 4.00. The fourth-order valence-electron chi connectivity index (χ4n) is 2.82. The number of rotatable bonds is 4. The number of unbranched alkanes of at least 4 members (excludes halogenated alkanes) is 1. The maximum atomic E-state index is 13.1. The van der Waals surface area contributed by atoms with E-state index in [0.717, 1.165) is 5.56 Å². The number of benzene rings is 1. The van der Waals surface area contributed by atoms with Crippen LogP contribution in [0.1, 0.15) is 59.9 Å². The molecule has 0 aliphatic heterocycles. The Kier molecular flexibility index (Phi) is 6.81. The fraction of sp³-hybridized carbons (Fsp3) is 0.522. The predicted molar refractivity (Wildman–Crippen MR) is 118 cm³/mol. The quantitative estimate of drug-likeness (QED) is 0.503. The van der Waals surface area contributed by atoms with E-state index in [1.807, 2.05) is 19.1 Å². The van der Waals surface area contributed by atoms with Crippen molar-refractivity contribution in [1.29, 1.82) is 0 Å². The van der Waals surface area contributed by atoms with E-state index >= 15 is 0 Å². The first-order valence-corrected chi connectivity index (χ1v) is 9.99. The minimum Gasteiger partial charge on any atom is -0.443 e. The van der Waals surface area contributed by atoms with Crippen LogP contribution in [0.2, 0.25) is 0 Å². The minimum absolute atomic E-state index is 0.153. The Hall–Kier alpha value is -3.01. The van der Waals surface area contributed by atoms with Crippen molar-refractivity contribution in [2.75, 3.05) is 11.4 Å². The first kappa shape index (κ1) is 23.3. The van der Waals surface area contributed by atoms with E-state index in [1.165, 1.54) is 9.47 Å². The standard InChI is InChI=1S/C23H31N3O4/c1-9-10-11-15-25(20(27)29-22(3,4)5)19-24-18-16(2)13-12-14-17(18)26(19)21(28)30-23(6,7)8/h1,12-14H,10-11,15H2,2-8H3. The lowest BCUT2D eigenvalue weighted by Gasteiger charge is -2.27. The van der Waals surface area contributed by atoms with Gasteiger partial charge in [-0.1, -0.05) is 12.1 Å². The van der Waals surface area contributed by atoms with Gasteiger partial charge in [-0.25, -0.2) is 24.0 Å². The van der Waals surface area contributed by atoms with Gasteiger partial charge in [-0.2, -0.15) is 0 Å². The number of ether oxygens (including phenoxy) is 2. The van der Waals surface area contributed by atoms with Gasteiger partial charge in [0.1, 0.15) is 11.2 Å². The normalized spacial score (nSPS) is 11.8. The summed E-state index contributed by atoms with van der Waals surface area (Å²) in [6.07, 6.45) is 5.18. The Morgan fingerprint density at radius 2 is 1.77 bits per heavy atom. The summed E-state index contributed by atoms with van der Waals surface area (Å²) in [4.78, 5) is 32.1. The molecule has 1 aromatic carbocycles. The molecule has 30 heavy (non-hydrogen) atoms. The smallest absolute Gasteiger partial charge is 0.421 e. The molecule has 1 aromatic heterocycles. The van der Waals surface area contributed by atoms with Gasteiger partial charge in [-0.15, -0.1) is 12.3 Å². The summed E-state index contributed by atoms with van der Waals surface area (Å²) in [6.45, 7) is 12.9. The number of nitrogens with zero attached hydrogens (tertiary/aromatic N) is 3. The number of imidazole rings is 1. The number of para-hydroxylation sites is 1. The van der Waals surface area contributed by atoms with Crippen LogP contribution in [-0.2, 0) is 9.47 Å². The molecule has 0 spiro atoms. The second-order valence-electron chi connectivity index (χ2n) is 9.11. The number of amides is 1. The molecule has 0 aliphatic carbocycles. The van der Waals surface area contributed by atoms with Gasteiger partial charge in [-0.3, -0.25) is 0 Å². The van der Waals surface area contributed by atoms with Crippen molar-refractivity contribution in [2.45, 2.75) is 72.5 Å². The number of carbonyl (C=O) groups is 2. The number of aromatic nitrogens is 2. The number of hydrogen-bond acceptors (Lipinski definition) is 5. The Labute approximate surface area is 178 Å². The van der Waals surface area contributed by atoms with Crippen LogP contribution in [0.5, 0.6) is 0 Å². The van der Waals surface area contributed by atoms with E-state index in [9.17, 15) is 9.59 Å². The first-order chi connectivity index (χ1) is 13.8. The summed E-state index contributed by atoms with van der Waals surface area (Å²) >= 11 is 0. The van der Waals surface area contributed by atoms with Gasteiger partial charge >= 0.3 is 12.2 Å². The zero-order valence-corrected chi connectivity index (χ0v) is 18.9. The van der Waals surface area contributed by atoms with E-state index in [1.54, 1.807) is 47.6 Å². The van der Waals surface area contributed by atoms with Gasteiger partial charge in [0.25, 0.3) is 0 Å². The average molecular weight is 414 g/mol. The van der Waals surface area contributed by atoms with Gasteiger partial charge in [0.15, 0.2) is 0 Å². The summed E-state index contributed by atoms with van der Waals surface area (Å²) in [5.74, 6) is 2.72. The van der Waals surface area contributed by atoms with Crippen molar-refractivity contribution in [2.24, 2.45) is 0 Å². The predicted octanol–water partition coefficient (Wildman–Crippen LogP) is 5.28. The molecule has 1 amide bonds. The monoisotopic (exact) mass is 413 g/mol. The molecular weight excluding hydrogens is 382 g/mol. The van der Waals surface area contributed by atoms with Crippen LogP contribution in [0.4, 0.5) is 15.5 Å². The first-order valence-electron chi connectivity index (χ1n) is 9.99. The van der Waals surface area contributed by atoms with Gasteiger partial charge < -0.3 is 9.47 Å². The number of aryl methyl sites for hydroxylation is 1. The maximum Gasteiger partial charge on any atom is 0.421 e. The van der Waals surface area contributed by atoms with Crippen LogP contribution in [0.3, 0.4) is 0 Å². The van der Waals surface area contributed by atoms with Crippen LogP contribution in [0.25, 0.3) is 11.0 Å². The lowest BCUT2D eigenvalue weighted by molar-refractivity contribution is 0.0538. The maximum absolute atomic E-state index is 13.1. The second-order valence-corrected chi connectivity index (χ2v) is 9.11. The highest BCUT2D eigenvalue weighted by molar-refractivity contribution is 5.96. The molecule has 1 heterocycles. The van der Waals surface area contributed by atoms with E-state index in [2.05, 4.69) is 10.9 Å². The molecule has 0 aliphatic rings. The summed E-state index contributed by atoms with van der Waals surface area (Å²) in [5.41, 5.74) is 0.632. The SMILES string of the molecule is C#CCCCN(C(=O)OC(C)(C)C)c1nc2c(C)cccc2n1C(=O)OC(C)(C)C. The molecule has 0 unspecified atom stereocenters. The van der Waals surface area contributed by atoms with Crippen molar-refractivity contribution < 1.29 is 19.1 Å². The van der Waals surface area contributed by atoms with Crippen molar-refractivity contribution >= 4 is 29.2 Å². The Balaban J connectivity index is 2.64. The number of carbonyl (C=O) groups excluding carboxylic acids is 2. The number of anilines is 1. The van der Waals surface area contributed by atoms with Gasteiger partial charge in [-0.05, 0) is 66.5 Å². The molecule has 0 radical (unpaired) electrons. The van der Waals surface area contributed by atoms with Crippen LogP contribution >= 0.6 is 0 Å². The van der Waals surface area contributed by atoms with Crippen molar-refractivity contribution in [1.82, 2.24) is 9.55 Å². The van der Waals surface area contributed by atoms with E-state index in [4.69, 9.17) is 15.9 Å². The third kappa shape index (κ3) is 5.76. The molecule has 2 rings (SSSR count). The number of terminal acetylenes is 1. The molecule has 0 fully saturated rings. The minimum atomic E-state index is -0.713. The average Bonchev–Trinajstić information content (AvgIpc) is 2.96.